The summed E-state index contributed by atoms with van der Waals surface area (Å²) in [7, 11) is 1.40. The van der Waals surface area contributed by atoms with Crippen molar-refractivity contribution in [1.29, 1.82) is 0 Å². The van der Waals surface area contributed by atoms with Gasteiger partial charge in [-0.3, -0.25) is 9.59 Å². The van der Waals surface area contributed by atoms with E-state index in [1.165, 1.54) is 24.1 Å². The highest BCUT2D eigenvalue weighted by Gasteiger charge is 2.24. The number of hydrogen-bond donors (Lipinski definition) is 4. The minimum absolute atomic E-state index is 0.0960. The van der Waals surface area contributed by atoms with Crippen molar-refractivity contribution < 1.29 is 23.5 Å². The molecule has 1 aliphatic heterocycles. The summed E-state index contributed by atoms with van der Waals surface area (Å²) in [4.78, 5) is 36.5. The monoisotopic (exact) mass is 353 g/mol. The zero-order valence-electron chi connectivity index (χ0n) is 13.7. The van der Waals surface area contributed by atoms with Gasteiger partial charge in [-0.25, -0.2) is 9.18 Å². The van der Waals surface area contributed by atoms with E-state index in [1.807, 2.05) is 0 Å². The van der Waals surface area contributed by atoms with E-state index in [9.17, 15) is 18.8 Å². The molecule has 1 atom stereocenters. The van der Waals surface area contributed by atoms with Crippen molar-refractivity contribution in [3.8, 4) is 0 Å². The Bertz CT molecular complexity index is 669. The van der Waals surface area contributed by atoms with Gasteiger partial charge in [0.15, 0.2) is 0 Å². The van der Waals surface area contributed by atoms with Gasteiger partial charge in [0, 0.05) is 25.8 Å². The van der Waals surface area contributed by atoms with Crippen LogP contribution >= 0.6 is 0 Å². The Hall–Kier alpha value is -2.72. The minimum atomic E-state index is -0.969. The van der Waals surface area contributed by atoms with Gasteiger partial charge < -0.3 is 31.3 Å². The smallest absolute Gasteiger partial charge is 0.315 e. The molecule has 9 nitrogen and oxygen atoms in total. The number of rotatable bonds is 5. The molecule has 0 aliphatic carbocycles. The molecule has 1 saturated heterocycles. The number of hydrogen-bond acceptors (Lipinski definition) is 5. The topological polar surface area (TPSA) is 126 Å². The van der Waals surface area contributed by atoms with Gasteiger partial charge in [0.2, 0.25) is 5.91 Å². The first-order valence-electron chi connectivity index (χ1n) is 7.63. The summed E-state index contributed by atoms with van der Waals surface area (Å²) < 4.78 is 19.3. The molecule has 1 aromatic carbocycles. The molecule has 4 amide bonds. The van der Waals surface area contributed by atoms with Gasteiger partial charge in [0.25, 0.3) is 5.91 Å². The lowest BCUT2D eigenvalue weighted by atomic mass is 10.2. The predicted octanol–water partition coefficient (Wildman–Crippen LogP) is -0.616. The van der Waals surface area contributed by atoms with Gasteiger partial charge in [-0.1, -0.05) is 0 Å². The van der Waals surface area contributed by atoms with E-state index in [2.05, 4.69) is 16.0 Å². The fourth-order valence-electron chi connectivity index (χ4n) is 2.27. The van der Waals surface area contributed by atoms with E-state index in [0.29, 0.717) is 6.61 Å². The maximum atomic E-state index is 14.3. The summed E-state index contributed by atoms with van der Waals surface area (Å²) >= 11 is 0. The molecule has 0 spiro atoms. The molecule has 0 unspecified atom stereocenters. The summed E-state index contributed by atoms with van der Waals surface area (Å²) in [6.45, 7) is 0.364. The molecular weight excluding hydrogens is 333 g/mol. The molecule has 5 N–H and O–H groups in total. The summed E-state index contributed by atoms with van der Waals surface area (Å²) in [5, 5.41) is 7.16. The predicted molar refractivity (Wildman–Crippen MR) is 88.6 cm³/mol. The number of anilines is 2. The van der Waals surface area contributed by atoms with Crippen molar-refractivity contribution in [1.82, 2.24) is 10.6 Å². The van der Waals surface area contributed by atoms with Crippen LogP contribution in [0.4, 0.5) is 20.6 Å². The Kier molecular flexibility index (Phi) is 6.25. The Labute approximate surface area is 143 Å². The fraction of sp³-hybridized carbons (Fsp3) is 0.400. The van der Waals surface area contributed by atoms with E-state index in [1.54, 1.807) is 0 Å². The third kappa shape index (κ3) is 4.64. The zero-order chi connectivity index (χ0) is 18.4. The van der Waals surface area contributed by atoms with Crippen LogP contribution in [0.15, 0.2) is 18.2 Å². The van der Waals surface area contributed by atoms with Gasteiger partial charge in [-0.15, -0.1) is 0 Å². The number of halogens is 1. The van der Waals surface area contributed by atoms with E-state index in [0.717, 1.165) is 6.07 Å². The summed E-state index contributed by atoms with van der Waals surface area (Å²) in [5.74, 6) is -1.57. The number of nitrogens with zero attached hydrogens (tertiary/aromatic N) is 1. The maximum absolute atomic E-state index is 14.3. The molecule has 1 heterocycles. The standard InChI is InChI=1S/C15H20FN5O4/c1-18-15(24)20-11(7-17)14(23)19-9-2-3-12(10(16)6-9)21-4-5-25-8-13(21)22/h2-3,6,11H,4-5,7-8,17H2,1H3,(H,19,23)(H2,18,20,24)/t11-/m1/s1. The Balaban J connectivity index is 2.08. The fourth-order valence-corrected chi connectivity index (χ4v) is 2.27. The summed E-state index contributed by atoms with van der Waals surface area (Å²) in [6, 6.07) is 2.44. The van der Waals surface area contributed by atoms with Crippen molar-refractivity contribution in [3.05, 3.63) is 24.0 Å². The van der Waals surface area contributed by atoms with Gasteiger partial charge >= 0.3 is 6.03 Å². The van der Waals surface area contributed by atoms with Crippen LogP contribution in [0.1, 0.15) is 0 Å². The molecule has 10 heteroatoms. The highest BCUT2D eigenvalue weighted by molar-refractivity contribution is 5.98. The highest BCUT2D eigenvalue weighted by Crippen LogP contribution is 2.24. The quantitative estimate of drug-likeness (QED) is 0.561. The third-order valence-electron chi connectivity index (χ3n) is 3.58. The normalized spacial score (nSPS) is 15.5. The molecule has 25 heavy (non-hydrogen) atoms. The second-order valence-corrected chi connectivity index (χ2v) is 5.27. The van der Waals surface area contributed by atoms with Gasteiger partial charge in [0.05, 0.1) is 12.3 Å². The number of ether oxygens (including phenoxy) is 1. The second-order valence-electron chi connectivity index (χ2n) is 5.27. The van der Waals surface area contributed by atoms with Crippen LogP contribution in [-0.4, -0.2) is 57.2 Å². The molecule has 2 rings (SSSR count). The van der Waals surface area contributed by atoms with Crippen molar-refractivity contribution in [2.75, 3.05) is 43.6 Å². The van der Waals surface area contributed by atoms with Gasteiger partial charge in [0.1, 0.15) is 18.5 Å². The zero-order valence-corrected chi connectivity index (χ0v) is 13.7. The lowest BCUT2D eigenvalue weighted by molar-refractivity contribution is -0.125. The number of nitrogens with one attached hydrogen (secondary N) is 3. The average Bonchev–Trinajstić information content (AvgIpc) is 2.60. The number of morpholine rings is 1. The first kappa shape index (κ1) is 18.6. The second kappa shape index (κ2) is 8.40. The SMILES string of the molecule is CNC(=O)N[C@H](CN)C(=O)Nc1ccc(N2CCOCC2=O)c(F)c1. The van der Waals surface area contributed by atoms with Crippen LogP contribution in [-0.2, 0) is 14.3 Å². The van der Waals surface area contributed by atoms with Crippen LogP contribution in [0.5, 0.6) is 0 Å². The van der Waals surface area contributed by atoms with Crippen LogP contribution in [0, 0.1) is 5.82 Å². The Morgan fingerprint density at radius 3 is 2.80 bits per heavy atom. The molecule has 0 radical (unpaired) electrons. The van der Waals surface area contributed by atoms with E-state index in [-0.39, 0.29) is 37.0 Å². The number of nitrogens with two attached hydrogens (primary N) is 1. The first-order valence-corrected chi connectivity index (χ1v) is 7.63. The highest BCUT2D eigenvalue weighted by atomic mass is 19.1. The van der Waals surface area contributed by atoms with Crippen molar-refractivity contribution in [3.63, 3.8) is 0 Å². The largest absolute Gasteiger partial charge is 0.370 e. The van der Waals surface area contributed by atoms with Crippen LogP contribution in [0.3, 0.4) is 0 Å². The van der Waals surface area contributed by atoms with Crippen LogP contribution in [0.25, 0.3) is 0 Å². The lowest BCUT2D eigenvalue weighted by Gasteiger charge is -2.27. The molecule has 0 bridgehead atoms. The molecule has 0 saturated carbocycles. The number of carbonyl (C=O) groups excluding carboxylic acids is 3. The van der Waals surface area contributed by atoms with E-state index < -0.39 is 23.8 Å². The van der Waals surface area contributed by atoms with Gasteiger partial charge in [-0.2, -0.15) is 0 Å². The molecule has 1 aromatic rings. The van der Waals surface area contributed by atoms with Crippen molar-refractivity contribution >= 4 is 29.2 Å². The van der Waals surface area contributed by atoms with Gasteiger partial charge in [-0.05, 0) is 18.2 Å². The minimum Gasteiger partial charge on any atom is -0.370 e. The average molecular weight is 353 g/mol. The van der Waals surface area contributed by atoms with Crippen molar-refractivity contribution in [2.24, 2.45) is 5.73 Å². The maximum Gasteiger partial charge on any atom is 0.315 e. The van der Waals surface area contributed by atoms with Crippen LogP contribution in [0.2, 0.25) is 0 Å². The molecule has 136 valence electrons. The van der Waals surface area contributed by atoms with Crippen molar-refractivity contribution in [2.45, 2.75) is 6.04 Å². The number of carbonyl (C=O) groups is 3. The van der Waals surface area contributed by atoms with E-state index in [4.69, 9.17) is 10.5 Å². The molecule has 1 aliphatic rings. The molecule has 0 aromatic heterocycles. The number of benzene rings is 1. The molecular formula is C15H20FN5O4. The number of urea groups is 1. The van der Waals surface area contributed by atoms with E-state index >= 15 is 0 Å². The molecule has 1 fully saturated rings. The Morgan fingerprint density at radius 1 is 1.44 bits per heavy atom. The summed E-state index contributed by atoms with van der Waals surface area (Å²) in [6.07, 6.45) is 0. The summed E-state index contributed by atoms with van der Waals surface area (Å²) in [5.41, 5.74) is 5.76. The lowest BCUT2D eigenvalue weighted by Crippen LogP contribution is -2.50. The number of amides is 4. The third-order valence-corrected chi connectivity index (χ3v) is 3.58. The first-order chi connectivity index (χ1) is 12.0. The van der Waals surface area contributed by atoms with Crippen LogP contribution < -0.4 is 26.6 Å². The Morgan fingerprint density at radius 2 is 2.20 bits per heavy atom.